The molecule has 0 atom stereocenters. The van der Waals surface area contributed by atoms with Crippen LogP contribution in [-0.4, -0.2) is 16.9 Å². The number of benzene rings is 2. The van der Waals surface area contributed by atoms with Gasteiger partial charge in [0.2, 0.25) is 0 Å². The molecule has 0 aliphatic heterocycles. The summed E-state index contributed by atoms with van der Waals surface area (Å²) in [6.45, 7) is 0. The number of amides is 1. The highest BCUT2D eigenvalue weighted by Gasteiger charge is 2.26. The van der Waals surface area contributed by atoms with E-state index in [0.29, 0.717) is 26.6 Å². The van der Waals surface area contributed by atoms with Crippen LogP contribution in [0.15, 0.2) is 53.1 Å². The fourth-order valence-electron chi connectivity index (χ4n) is 2.65. The predicted molar refractivity (Wildman–Crippen MR) is 99.6 cm³/mol. The Kier molecular flexibility index (Phi) is 4.13. The van der Waals surface area contributed by atoms with Crippen LogP contribution in [0.25, 0.3) is 10.9 Å². The van der Waals surface area contributed by atoms with Gasteiger partial charge in [-0.1, -0.05) is 18.2 Å². The Morgan fingerprint density at radius 2 is 1.96 bits per heavy atom. The summed E-state index contributed by atoms with van der Waals surface area (Å²) in [6, 6.07) is 12.8. The fraction of sp³-hybridized carbons (Fsp3) is 0.158. The number of aromatic nitrogens is 1. The molecule has 2 N–H and O–H groups in total. The molecule has 1 saturated carbocycles. The first kappa shape index (κ1) is 16.0. The predicted octanol–water partition coefficient (Wildman–Crippen LogP) is 4.77. The molecule has 126 valence electrons. The second-order valence-corrected chi connectivity index (χ2v) is 6.92. The molecule has 3 aromatic rings. The van der Waals surface area contributed by atoms with Crippen LogP contribution in [0.4, 0.5) is 15.8 Å². The van der Waals surface area contributed by atoms with Crippen molar-refractivity contribution in [3.8, 4) is 0 Å². The summed E-state index contributed by atoms with van der Waals surface area (Å²) in [4.78, 5) is 16.9. The monoisotopic (exact) mass is 399 g/mol. The molecule has 0 spiro atoms. The van der Waals surface area contributed by atoms with Crippen LogP contribution in [0.2, 0.25) is 0 Å². The van der Waals surface area contributed by atoms with Gasteiger partial charge in [0.05, 0.1) is 21.2 Å². The lowest BCUT2D eigenvalue weighted by molar-refractivity contribution is 0.0951. The molecular formula is C19H15BrFN3O. The first-order valence-corrected chi connectivity index (χ1v) is 8.82. The van der Waals surface area contributed by atoms with Crippen LogP contribution in [0, 0.1) is 5.82 Å². The van der Waals surface area contributed by atoms with E-state index in [2.05, 4.69) is 31.5 Å². The number of carbonyl (C=O) groups is 1. The van der Waals surface area contributed by atoms with Crippen LogP contribution >= 0.6 is 15.9 Å². The second kappa shape index (κ2) is 6.44. The van der Waals surface area contributed by atoms with Crippen molar-refractivity contribution in [1.82, 2.24) is 10.3 Å². The molecule has 0 saturated heterocycles. The summed E-state index contributed by atoms with van der Waals surface area (Å²) in [6.07, 6.45) is 3.51. The van der Waals surface area contributed by atoms with E-state index in [-0.39, 0.29) is 17.8 Å². The number of hydrogen-bond donors (Lipinski definition) is 2. The van der Waals surface area contributed by atoms with Crippen LogP contribution in [0.5, 0.6) is 0 Å². The van der Waals surface area contributed by atoms with Gasteiger partial charge in [-0.3, -0.25) is 9.78 Å². The molecule has 0 radical (unpaired) electrons. The van der Waals surface area contributed by atoms with E-state index in [0.717, 1.165) is 18.5 Å². The minimum absolute atomic E-state index is 0.171. The average Bonchev–Trinajstić information content (AvgIpc) is 3.41. The zero-order chi connectivity index (χ0) is 17.4. The minimum Gasteiger partial charge on any atom is -0.354 e. The smallest absolute Gasteiger partial charge is 0.255 e. The first-order chi connectivity index (χ1) is 12.1. The number of pyridine rings is 1. The largest absolute Gasteiger partial charge is 0.354 e. The van der Waals surface area contributed by atoms with E-state index in [4.69, 9.17) is 0 Å². The van der Waals surface area contributed by atoms with Crippen molar-refractivity contribution in [1.29, 1.82) is 0 Å². The Labute approximate surface area is 152 Å². The van der Waals surface area contributed by atoms with Crippen LogP contribution in [0.3, 0.4) is 0 Å². The molecule has 4 nitrogen and oxygen atoms in total. The van der Waals surface area contributed by atoms with Gasteiger partial charge in [-0.25, -0.2) is 4.39 Å². The second-order valence-electron chi connectivity index (χ2n) is 6.07. The Morgan fingerprint density at radius 3 is 2.68 bits per heavy atom. The number of nitrogens with zero attached hydrogens (tertiary/aromatic N) is 1. The molecule has 1 fully saturated rings. The summed E-state index contributed by atoms with van der Waals surface area (Å²) in [5, 5.41) is 6.96. The summed E-state index contributed by atoms with van der Waals surface area (Å²) < 4.78 is 14.2. The third-order valence-corrected chi connectivity index (χ3v) is 4.72. The lowest BCUT2D eigenvalue weighted by Crippen LogP contribution is -2.26. The van der Waals surface area contributed by atoms with Gasteiger partial charge < -0.3 is 10.6 Å². The van der Waals surface area contributed by atoms with Crippen molar-refractivity contribution >= 4 is 44.1 Å². The van der Waals surface area contributed by atoms with Crippen molar-refractivity contribution in [2.24, 2.45) is 0 Å². The number of anilines is 2. The lowest BCUT2D eigenvalue weighted by Gasteiger charge is -2.15. The van der Waals surface area contributed by atoms with Crippen molar-refractivity contribution in [3.05, 3.63) is 64.5 Å². The number of carbonyl (C=O) groups excluding carboxylic acids is 1. The van der Waals surface area contributed by atoms with Crippen LogP contribution in [0.1, 0.15) is 23.2 Å². The number of hydrogen-bond acceptors (Lipinski definition) is 3. The highest BCUT2D eigenvalue weighted by molar-refractivity contribution is 9.10. The van der Waals surface area contributed by atoms with Crippen LogP contribution < -0.4 is 10.6 Å². The highest BCUT2D eigenvalue weighted by atomic mass is 79.9. The molecular weight excluding hydrogens is 385 g/mol. The maximum absolute atomic E-state index is 13.9. The zero-order valence-electron chi connectivity index (χ0n) is 13.2. The highest BCUT2D eigenvalue weighted by Crippen LogP contribution is 2.33. The third-order valence-electron chi connectivity index (χ3n) is 4.11. The number of fused-ring (bicyclic) bond motifs is 1. The quantitative estimate of drug-likeness (QED) is 0.663. The van der Waals surface area contributed by atoms with E-state index in [1.807, 2.05) is 30.3 Å². The molecule has 1 heterocycles. The van der Waals surface area contributed by atoms with Crippen molar-refractivity contribution in [3.63, 3.8) is 0 Å². The van der Waals surface area contributed by atoms with Crippen LogP contribution in [-0.2, 0) is 0 Å². The van der Waals surface area contributed by atoms with Gasteiger partial charge in [-0.15, -0.1) is 0 Å². The number of nitrogens with one attached hydrogen (secondary N) is 2. The third kappa shape index (κ3) is 3.35. The van der Waals surface area contributed by atoms with E-state index >= 15 is 0 Å². The van der Waals surface area contributed by atoms with Gasteiger partial charge >= 0.3 is 0 Å². The minimum atomic E-state index is -0.388. The van der Waals surface area contributed by atoms with Crippen molar-refractivity contribution < 1.29 is 9.18 Å². The normalized spacial score (nSPS) is 13.7. The van der Waals surface area contributed by atoms with Crippen molar-refractivity contribution in [2.75, 3.05) is 5.32 Å². The number of para-hydroxylation sites is 1. The molecule has 0 bridgehead atoms. The molecule has 1 amide bonds. The van der Waals surface area contributed by atoms with Gasteiger partial charge in [0.1, 0.15) is 5.82 Å². The molecule has 1 aliphatic carbocycles. The lowest BCUT2D eigenvalue weighted by atomic mass is 10.1. The van der Waals surface area contributed by atoms with Gasteiger partial charge in [0, 0.05) is 29.4 Å². The molecule has 1 aliphatic rings. The van der Waals surface area contributed by atoms with Gasteiger partial charge in [0.15, 0.2) is 0 Å². The summed E-state index contributed by atoms with van der Waals surface area (Å²) in [5.74, 6) is -0.559. The Hall–Kier alpha value is -2.47. The van der Waals surface area contributed by atoms with Gasteiger partial charge in [-0.05, 0) is 47.0 Å². The zero-order valence-corrected chi connectivity index (χ0v) is 14.8. The standard InChI is InChI=1S/C19H15BrFN3O/c20-15-8-13-17(9-16(15)21)22-10-14(19(25)24-12-6-7-12)18(13)23-11-4-2-1-3-5-11/h1-5,8-10,12H,6-7H2,(H,22,23)(H,24,25). The first-order valence-electron chi connectivity index (χ1n) is 8.02. The molecule has 2 aromatic carbocycles. The molecule has 1 aromatic heterocycles. The summed E-state index contributed by atoms with van der Waals surface area (Å²) >= 11 is 3.22. The molecule has 0 unspecified atom stereocenters. The molecule has 25 heavy (non-hydrogen) atoms. The number of halogens is 2. The summed E-state index contributed by atoms with van der Waals surface area (Å²) in [7, 11) is 0. The fourth-order valence-corrected chi connectivity index (χ4v) is 2.99. The van der Waals surface area contributed by atoms with E-state index < -0.39 is 0 Å². The van der Waals surface area contributed by atoms with Gasteiger partial charge in [-0.2, -0.15) is 0 Å². The van der Waals surface area contributed by atoms with E-state index in [9.17, 15) is 9.18 Å². The Bertz CT molecular complexity index is 958. The summed E-state index contributed by atoms with van der Waals surface area (Å²) in [5.41, 5.74) is 2.40. The Morgan fingerprint density at radius 1 is 1.20 bits per heavy atom. The number of rotatable bonds is 4. The maximum Gasteiger partial charge on any atom is 0.255 e. The topological polar surface area (TPSA) is 54.0 Å². The average molecular weight is 400 g/mol. The maximum atomic E-state index is 13.9. The Balaban J connectivity index is 1.86. The molecule has 4 rings (SSSR count). The van der Waals surface area contributed by atoms with Gasteiger partial charge in [0.25, 0.3) is 5.91 Å². The van der Waals surface area contributed by atoms with E-state index in [1.165, 1.54) is 12.3 Å². The van der Waals surface area contributed by atoms with Crippen molar-refractivity contribution in [2.45, 2.75) is 18.9 Å². The molecule has 6 heteroatoms. The van der Waals surface area contributed by atoms with E-state index in [1.54, 1.807) is 6.07 Å². The SMILES string of the molecule is O=C(NC1CC1)c1cnc2cc(F)c(Br)cc2c1Nc1ccccc1.